The van der Waals surface area contributed by atoms with Gasteiger partial charge in [0, 0.05) is 12.6 Å². The number of aliphatic hydroxyl groups is 1. The lowest BCUT2D eigenvalue weighted by Crippen LogP contribution is -2.30. The van der Waals surface area contributed by atoms with Crippen molar-refractivity contribution in [1.29, 1.82) is 0 Å². The Morgan fingerprint density at radius 2 is 1.92 bits per heavy atom. The first-order valence-electron chi connectivity index (χ1n) is 5.10. The molecule has 2 nitrogen and oxygen atoms in total. The summed E-state index contributed by atoms with van der Waals surface area (Å²) >= 11 is 0. The second-order valence-corrected chi connectivity index (χ2v) is 3.39. The van der Waals surface area contributed by atoms with Gasteiger partial charge in [0.15, 0.2) is 0 Å². The highest BCUT2D eigenvalue weighted by Crippen LogP contribution is 2.24. The molecule has 2 N–H and O–H groups in total. The normalized spacial score (nSPS) is 28.0. The molecule has 0 aliphatic heterocycles. The maximum atomic E-state index is 7.57. The third kappa shape index (κ3) is 4.73. The number of rotatable bonds is 2. The molecule has 1 fully saturated rings. The van der Waals surface area contributed by atoms with Crippen molar-refractivity contribution in [2.24, 2.45) is 5.92 Å². The van der Waals surface area contributed by atoms with Gasteiger partial charge in [0.1, 0.15) is 0 Å². The largest absolute Gasteiger partial charge is 0.397 e. The quantitative estimate of drug-likeness (QED) is 0.667. The Kier molecular flexibility index (Phi) is 7.51. The molecular formula is C10H23NO. The standard InChI is InChI=1S/C8H17N.C2H6O/c1-3-9-8-6-4-5-7(8)2;1-2-3/h7-9H,3-6H2,1-2H3;3H,2H2,1H3. The van der Waals surface area contributed by atoms with E-state index in [4.69, 9.17) is 5.11 Å². The van der Waals surface area contributed by atoms with Crippen LogP contribution in [0.3, 0.4) is 0 Å². The van der Waals surface area contributed by atoms with Crippen molar-refractivity contribution in [3.8, 4) is 0 Å². The molecule has 12 heavy (non-hydrogen) atoms. The second kappa shape index (κ2) is 7.56. The van der Waals surface area contributed by atoms with Gasteiger partial charge in [-0.05, 0) is 32.2 Å². The van der Waals surface area contributed by atoms with Gasteiger partial charge in [-0.2, -0.15) is 0 Å². The van der Waals surface area contributed by atoms with Crippen molar-refractivity contribution in [2.45, 2.75) is 46.1 Å². The molecule has 0 aromatic rings. The first kappa shape index (κ1) is 11.9. The zero-order chi connectivity index (χ0) is 9.40. The van der Waals surface area contributed by atoms with Gasteiger partial charge in [-0.25, -0.2) is 0 Å². The number of nitrogens with one attached hydrogen (secondary N) is 1. The molecule has 0 aromatic carbocycles. The van der Waals surface area contributed by atoms with E-state index in [0.717, 1.165) is 18.5 Å². The van der Waals surface area contributed by atoms with Crippen molar-refractivity contribution in [1.82, 2.24) is 5.32 Å². The Morgan fingerprint density at radius 1 is 1.33 bits per heavy atom. The summed E-state index contributed by atoms with van der Waals surface area (Å²) in [5.74, 6) is 0.921. The first-order chi connectivity index (χ1) is 5.76. The topological polar surface area (TPSA) is 32.3 Å². The molecule has 1 aliphatic rings. The Hall–Kier alpha value is -0.0800. The average Bonchev–Trinajstić information content (AvgIpc) is 2.39. The fourth-order valence-electron chi connectivity index (χ4n) is 1.71. The van der Waals surface area contributed by atoms with Gasteiger partial charge >= 0.3 is 0 Å². The molecule has 0 heterocycles. The molecule has 0 bridgehead atoms. The molecule has 0 spiro atoms. The number of aliphatic hydroxyl groups excluding tert-OH is 1. The third-order valence-electron chi connectivity index (χ3n) is 2.33. The fourth-order valence-corrected chi connectivity index (χ4v) is 1.71. The zero-order valence-corrected chi connectivity index (χ0v) is 8.64. The van der Waals surface area contributed by atoms with Crippen LogP contribution in [-0.4, -0.2) is 24.3 Å². The van der Waals surface area contributed by atoms with Crippen LogP contribution in [0.15, 0.2) is 0 Å². The summed E-state index contributed by atoms with van der Waals surface area (Å²) in [5.41, 5.74) is 0. The maximum Gasteiger partial charge on any atom is 0.0402 e. The first-order valence-corrected chi connectivity index (χ1v) is 5.10. The van der Waals surface area contributed by atoms with Crippen molar-refractivity contribution < 1.29 is 5.11 Å². The Morgan fingerprint density at radius 3 is 2.25 bits per heavy atom. The molecule has 74 valence electrons. The third-order valence-corrected chi connectivity index (χ3v) is 2.33. The van der Waals surface area contributed by atoms with E-state index in [0.29, 0.717) is 0 Å². The lowest BCUT2D eigenvalue weighted by molar-refractivity contribution is 0.318. The van der Waals surface area contributed by atoms with Gasteiger partial charge in [0.05, 0.1) is 0 Å². The lowest BCUT2D eigenvalue weighted by atomic mass is 10.1. The molecule has 2 unspecified atom stereocenters. The van der Waals surface area contributed by atoms with Gasteiger partial charge in [-0.3, -0.25) is 0 Å². The van der Waals surface area contributed by atoms with E-state index in [1.807, 2.05) is 0 Å². The van der Waals surface area contributed by atoms with Gasteiger partial charge < -0.3 is 10.4 Å². The van der Waals surface area contributed by atoms with Gasteiger partial charge in [-0.1, -0.05) is 20.3 Å². The van der Waals surface area contributed by atoms with Crippen LogP contribution in [-0.2, 0) is 0 Å². The smallest absolute Gasteiger partial charge is 0.0402 e. The van der Waals surface area contributed by atoms with E-state index in [-0.39, 0.29) is 6.61 Å². The van der Waals surface area contributed by atoms with Crippen LogP contribution in [0.1, 0.15) is 40.0 Å². The predicted molar refractivity (Wildman–Crippen MR) is 53.2 cm³/mol. The molecule has 1 rings (SSSR count). The molecule has 2 atom stereocenters. The summed E-state index contributed by atoms with van der Waals surface area (Å²) in [6, 6.07) is 0.829. The molecule has 0 aromatic heterocycles. The van der Waals surface area contributed by atoms with Crippen molar-refractivity contribution >= 4 is 0 Å². The molecule has 0 amide bonds. The summed E-state index contributed by atoms with van der Waals surface area (Å²) in [6.45, 7) is 7.60. The van der Waals surface area contributed by atoms with Crippen LogP contribution < -0.4 is 5.32 Å². The van der Waals surface area contributed by atoms with Gasteiger partial charge in [-0.15, -0.1) is 0 Å². The summed E-state index contributed by atoms with van der Waals surface area (Å²) in [7, 11) is 0. The lowest BCUT2D eigenvalue weighted by Gasteiger charge is -2.14. The van der Waals surface area contributed by atoms with E-state index in [1.54, 1.807) is 6.92 Å². The van der Waals surface area contributed by atoms with E-state index >= 15 is 0 Å². The molecule has 0 radical (unpaired) electrons. The summed E-state index contributed by atoms with van der Waals surface area (Å²) in [4.78, 5) is 0. The molecular weight excluding hydrogens is 150 g/mol. The van der Waals surface area contributed by atoms with E-state index in [1.165, 1.54) is 19.3 Å². The van der Waals surface area contributed by atoms with Crippen molar-refractivity contribution in [3.05, 3.63) is 0 Å². The van der Waals surface area contributed by atoms with Gasteiger partial charge in [0.2, 0.25) is 0 Å². The monoisotopic (exact) mass is 173 g/mol. The van der Waals surface area contributed by atoms with E-state index < -0.39 is 0 Å². The van der Waals surface area contributed by atoms with Crippen LogP contribution in [0.25, 0.3) is 0 Å². The highest BCUT2D eigenvalue weighted by molar-refractivity contribution is 4.79. The minimum Gasteiger partial charge on any atom is -0.397 e. The predicted octanol–water partition coefficient (Wildman–Crippen LogP) is 1.78. The van der Waals surface area contributed by atoms with Gasteiger partial charge in [0.25, 0.3) is 0 Å². The average molecular weight is 173 g/mol. The van der Waals surface area contributed by atoms with E-state index in [9.17, 15) is 0 Å². The van der Waals surface area contributed by atoms with Crippen molar-refractivity contribution in [2.75, 3.05) is 13.2 Å². The fraction of sp³-hybridized carbons (Fsp3) is 1.00. The highest BCUT2D eigenvalue weighted by atomic mass is 16.2. The molecule has 1 aliphatic carbocycles. The molecule has 2 heteroatoms. The number of hydrogen-bond acceptors (Lipinski definition) is 2. The summed E-state index contributed by atoms with van der Waals surface area (Å²) in [6.07, 6.45) is 4.26. The summed E-state index contributed by atoms with van der Waals surface area (Å²) in [5, 5.41) is 11.1. The van der Waals surface area contributed by atoms with Crippen LogP contribution in [0.4, 0.5) is 0 Å². The minimum atomic E-state index is 0.250. The Labute approximate surface area is 76.4 Å². The van der Waals surface area contributed by atoms with Crippen LogP contribution in [0.5, 0.6) is 0 Å². The van der Waals surface area contributed by atoms with Crippen molar-refractivity contribution in [3.63, 3.8) is 0 Å². The SMILES string of the molecule is CCNC1CCCC1C.CCO. The Balaban J connectivity index is 0.000000354. The highest BCUT2D eigenvalue weighted by Gasteiger charge is 2.21. The van der Waals surface area contributed by atoms with Crippen LogP contribution in [0.2, 0.25) is 0 Å². The zero-order valence-electron chi connectivity index (χ0n) is 8.64. The van der Waals surface area contributed by atoms with E-state index in [2.05, 4.69) is 19.2 Å². The van der Waals surface area contributed by atoms with Crippen LogP contribution >= 0.6 is 0 Å². The van der Waals surface area contributed by atoms with Crippen LogP contribution in [0, 0.1) is 5.92 Å². The summed E-state index contributed by atoms with van der Waals surface area (Å²) < 4.78 is 0. The minimum absolute atomic E-state index is 0.250. The Bertz CT molecular complexity index is 95.8. The number of hydrogen-bond donors (Lipinski definition) is 2. The molecule has 1 saturated carbocycles. The maximum absolute atomic E-state index is 7.57. The second-order valence-electron chi connectivity index (χ2n) is 3.39. The molecule has 0 saturated heterocycles.